The molecule has 2 rings (SSSR count). The van der Waals surface area contributed by atoms with Crippen LogP contribution < -0.4 is 5.32 Å². The molecule has 0 atom stereocenters. The zero-order chi connectivity index (χ0) is 17.2. The van der Waals surface area contributed by atoms with Gasteiger partial charge in [-0.25, -0.2) is 0 Å². The average Bonchev–Trinajstić information content (AvgIpc) is 2.91. The summed E-state index contributed by atoms with van der Waals surface area (Å²) < 4.78 is 1.38. The van der Waals surface area contributed by atoms with E-state index in [0.717, 1.165) is 31.9 Å². The van der Waals surface area contributed by atoms with Crippen molar-refractivity contribution in [3.8, 4) is 0 Å². The maximum atomic E-state index is 12.5. The number of hydrogen-bond acceptors (Lipinski definition) is 4. The summed E-state index contributed by atoms with van der Waals surface area (Å²) in [5, 5.41) is 18.0. The molecule has 0 bridgehead atoms. The minimum absolute atomic E-state index is 0.0513. The van der Waals surface area contributed by atoms with E-state index in [1.807, 2.05) is 6.92 Å². The maximum absolute atomic E-state index is 12.5. The van der Waals surface area contributed by atoms with Gasteiger partial charge < -0.3 is 5.32 Å². The Morgan fingerprint density at radius 3 is 2.48 bits per heavy atom. The summed E-state index contributed by atoms with van der Waals surface area (Å²) >= 11 is 0. The highest BCUT2D eigenvalue weighted by atomic mass is 16.6. The van der Waals surface area contributed by atoms with Crippen LogP contribution in [-0.2, 0) is 6.54 Å². The monoisotopic (exact) mass is 322 g/mol. The van der Waals surface area contributed by atoms with E-state index in [0.29, 0.717) is 12.5 Å². The number of nitrogens with one attached hydrogen (secondary N) is 1. The number of carbonyl (C=O) groups excluding carboxylic acids is 1. The molecule has 0 aromatic carbocycles. The van der Waals surface area contributed by atoms with Gasteiger partial charge in [0.1, 0.15) is 6.20 Å². The first-order valence-electron chi connectivity index (χ1n) is 8.25. The highest BCUT2D eigenvalue weighted by Gasteiger charge is 2.32. The fraction of sp³-hybridized carbons (Fsp3) is 0.750. The van der Waals surface area contributed by atoms with Crippen molar-refractivity contribution < 1.29 is 9.72 Å². The van der Waals surface area contributed by atoms with Crippen LogP contribution in [0.5, 0.6) is 0 Å². The van der Waals surface area contributed by atoms with E-state index < -0.39 is 10.8 Å². The van der Waals surface area contributed by atoms with Crippen molar-refractivity contribution in [3.63, 3.8) is 0 Å². The van der Waals surface area contributed by atoms with E-state index in [4.69, 9.17) is 0 Å². The van der Waals surface area contributed by atoms with Crippen molar-refractivity contribution >= 4 is 11.6 Å². The third kappa shape index (κ3) is 3.89. The molecule has 0 aliphatic heterocycles. The summed E-state index contributed by atoms with van der Waals surface area (Å²) in [5.74, 6) is 0.265. The number of rotatable bonds is 4. The molecule has 7 heteroatoms. The Morgan fingerprint density at radius 2 is 2.00 bits per heavy atom. The standard InChI is InChI=1S/C16H26N4O3/c1-5-19-14(13(10-17-19)20(22)23)15(21)18-12-8-6-11(7-9-12)16(2,3)4/h10-12H,5-9H2,1-4H3,(H,18,21). The van der Waals surface area contributed by atoms with Gasteiger partial charge in [0.2, 0.25) is 5.69 Å². The van der Waals surface area contributed by atoms with E-state index in [1.165, 1.54) is 4.68 Å². The molecule has 128 valence electrons. The van der Waals surface area contributed by atoms with Gasteiger partial charge >= 0.3 is 5.69 Å². The van der Waals surface area contributed by atoms with Gasteiger partial charge in [-0.2, -0.15) is 5.10 Å². The fourth-order valence-corrected chi connectivity index (χ4v) is 3.34. The van der Waals surface area contributed by atoms with Gasteiger partial charge in [-0.1, -0.05) is 20.8 Å². The van der Waals surface area contributed by atoms with Crippen molar-refractivity contribution in [1.29, 1.82) is 0 Å². The lowest BCUT2D eigenvalue weighted by molar-refractivity contribution is -0.385. The number of nitro groups is 1. The summed E-state index contributed by atoms with van der Waals surface area (Å²) in [4.78, 5) is 23.0. The minimum Gasteiger partial charge on any atom is -0.348 e. The molecule has 1 aliphatic carbocycles. The lowest BCUT2D eigenvalue weighted by Gasteiger charge is -2.37. The zero-order valence-electron chi connectivity index (χ0n) is 14.3. The highest BCUT2D eigenvalue weighted by molar-refractivity contribution is 5.96. The van der Waals surface area contributed by atoms with E-state index in [2.05, 4.69) is 31.2 Å². The smallest absolute Gasteiger partial charge is 0.320 e. The third-order valence-corrected chi connectivity index (χ3v) is 4.82. The Bertz CT molecular complexity index is 581. The van der Waals surface area contributed by atoms with Crippen LogP contribution in [0.1, 0.15) is 63.9 Å². The molecule has 1 aromatic rings. The van der Waals surface area contributed by atoms with Crippen LogP contribution in [0.15, 0.2) is 6.20 Å². The normalized spacial score (nSPS) is 21.9. The summed E-state index contributed by atoms with van der Waals surface area (Å²) in [6.45, 7) is 8.98. The van der Waals surface area contributed by atoms with Crippen molar-refractivity contribution in [2.24, 2.45) is 11.3 Å². The van der Waals surface area contributed by atoms with Crippen LogP contribution in [0.25, 0.3) is 0 Å². The van der Waals surface area contributed by atoms with E-state index in [9.17, 15) is 14.9 Å². The second-order valence-corrected chi connectivity index (χ2v) is 7.34. The summed E-state index contributed by atoms with van der Waals surface area (Å²) in [7, 11) is 0. The number of aromatic nitrogens is 2. The summed E-state index contributed by atoms with van der Waals surface area (Å²) in [6.07, 6.45) is 5.13. The number of carbonyl (C=O) groups is 1. The lowest BCUT2D eigenvalue weighted by atomic mass is 9.71. The molecular weight excluding hydrogens is 296 g/mol. The van der Waals surface area contributed by atoms with Gasteiger partial charge in [0.05, 0.1) is 4.92 Å². The molecule has 0 spiro atoms. The van der Waals surface area contributed by atoms with Gasteiger partial charge in [0.25, 0.3) is 5.91 Å². The molecule has 1 fully saturated rings. The molecule has 23 heavy (non-hydrogen) atoms. The van der Waals surface area contributed by atoms with Gasteiger partial charge in [-0.05, 0) is 43.9 Å². The molecule has 1 aliphatic rings. The minimum atomic E-state index is -0.551. The maximum Gasteiger partial charge on any atom is 0.320 e. The lowest BCUT2D eigenvalue weighted by Crippen LogP contribution is -2.40. The SMILES string of the molecule is CCn1ncc([N+](=O)[O-])c1C(=O)NC1CCC(C(C)(C)C)CC1. The number of hydrogen-bond donors (Lipinski definition) is 1. The highest BCUT2D eigenvalue weighted by Crippen LogP contribution is 2.37. The zero-order valence-corrected chi connectivity index (χ0v) is 14.3. The Labute approximate surface area is 136 Å². The largest absolute Gasteiger partial charge is 0.348 e. The second kappa shape index (κ2) is 6.68. The first kappa shape index (κ1) is 17.4. The number of aryl methyl sites for hydroxylation is 1. The van der Waals surface area contributed by atoms with Crippen LogP contribution >= 0.6 is 0 Å². The Morgan fingerprint density at radius 1 is 1.39 bits per heavy atom. The van der Waals surface area contributed by atoms with Crippen LogP contribution in [0, 0.1) is 21.4 Å². The molecule has 1 saturated carbocycles. The molecule has 1 N–H and O–H groups in total. The van der Waals surface area contributed by atoms with Crippen molar-refractivity contribution in [2.45, 2.75) is 66.0 Å². The quantitative estimate of drug-likeness (QED) is 0.681. The Balaban J connectivity index is 2.04. The average molecular weight is 322 g/mol. The first-order valence-corrected chi connectivity index (χ1v) is 8.25. The molecule has 1 heterocycles. The third-order valence-electron chi connectivity index (χ3n) is 4.82. The van der Waals surface area contributed by atoms with Gasteiger partial charge in [0.15, 0.2) is 0 Å². The summed E-state index contributed by atoms with van der Waals surface area (Å²) in [6, 6.07) is 0.0842. The van der Waals surface area contributed by atoms with Gasteiger partial charge in [0, 0.05) is 12.6 Å². The number of nitrogens with zero attached hydrogens (tertiary/aromatic N) is 3. The van der Waals surface area contributed by atoms with Crippen LogP contribution in [0.3, 0.4) is 0 Å². The van der Waals surface area contributed by atoms with Crippen molar-refractivity contribution in [2.75, 3.05) is 0 Å². The summed E-state index contributed by atoms with van der Waals surface area (Å²) in [5.41, 5.74) is 0.109. The molecule has 0 radical (unpaired) electrons. The molecule has 1 amide bonds. The fourth-order valence-electron chi connectivity index (χ4n) is 3.34. The van der Waals surface area contributed by atoms with E-state index in [-0.39, 0.29) is 22.8 Å². The first-order chi connectivity index (χ1) is 10.7. The molecule has 7 nitrogen and oxygen atoms in total. The van der Waals surface area contributed by atoms with Crippen LogP contribution in [-0.4, -0.2) is 26.7 Å². The molecule has 0 saturated heterocycles. The van der Waals surface area contributed by atoms with E-state index in [1.54, 1.807) is 0 Å². The Hall–Kier alpha value is -1.92. The molecular formula is C16H26N4O3. The Kier molecular flexibility index (Phi) is 5.06. The van der Waals surface area contributed by atoms with Crippen LogP contribution in [0.4, 0.5) is 5.69 Å². The predicted molar refractivity (Wildman–Crippen MR) is 87.2 cm³/mol. The van der Waals surface area contributed by atoms with E-state index >= 15 is 0 Å². The number of amides is 1. The van der Waals surface area contributed by atoms with Gasteiger partial charge in [-0.3, -0.25) is 19.6 Å². The second-order valence-electron chi connectivity index (χ2n) is 7.34. The molecule has 0 unspecified atom stereocenters. The topological polar surface area (TPSA) is 90.1 Å². The van der Waals surface area contributed by atoms with Gasteiger partial charge in [-0.15, -0.1) is 0 Å². The van der Waals surface area contributed by atoms with Crippen molar-refractivity contribution in [1.82, 2.24) is 15.1 Å². The predicted octanol–water partition coefficient (Wildman–Crippen LogP) is 3.15. The van der Waals surface area contributed by atoms with Crippen molar-refractivity contribution in [3.05, 3.63) is 22.0 Å². The molecule has 1 aromatic heterocycles. The van der Waals surface area contributed by atoms with Crippen LogP contribution in [0.2, 0.25) is 0 Å².